The Morgan fingerprint density at radius 1 is 0.842 bits per heavy atom. The SMILES string of the molecule is CCCCCCC(CCCCCC)[C@H](CF)SSC. The molecule has 1 atom stereocenters. The first-order valence-electron chi connectivity index (χ1n) is 8.05. The number of alkyl halides is 1. The van der Waals surface area contributed by atoms with Crippen LogP contribution in [0.25, 0.3) is 0 Å². The van der Waals surface area contributed by atoms with Gasteiger partial charge in [-0.3, -0.25) is 0 Å². The molecular weight excluding hydrogens is 275 g/mol. The van der Waals surface area contributed by atoms with E-state index in [-0.39, 0.29) is 11.9 Å². The summed E-state index contributed by atoms with van der Waals surface area (Å²) in [5.41, 5.74) is 0. The van der Waals surface area contributed by atoms with E-state index in [0.717, 1.165) is 0 Å². The van der Waals surface area contributed by atoms with E-state index in [4.69, 9.17) is 0 Å². The largest absolute Gasteiger partial charge is 0.250 e. The van der Waals surface area contributed by atoms with Crippen LogP contribution in [0.5, 0.6) is 0 Å². The Morgan fingerprint density at radius 3 is 1.74 bits per heavy atom. The maximum atomic E-state index is 13.2. The Labute approximate surface area is 128 Å². The van der Waals surface area contributed by atoms with Crippen molar-refractivity contribution in [3.63, 3.8) is 0 Å². The van der Waals surface area contributed by atoms with Crippen LogP contribution < -0.4 is 0 Å². The number of hydrogen-bond acceptors (Lipinski definition) is 2. The maximum Gasteiger partial charge on any atom is 0.102 e. The number of unbranched alkanes of at least 4 members (excludes halogenated alkanes) is 6. The molecule has 0 nitrogen and oxygen atoms in total. The minimum absolute atomic E-state index is 0.155. The summed E-state index contributed by atoms with van der Waals surface area (Å²) >= 11 is 0. The zero-order valence-electron chi connectivity index (χ0n) is 13.1. The molecule has 0 fully saturated rings. The molecule has 0 aliphatic rings. The third-order valence-electron chi connectivity index (χ3n) is 3.75. The van der Waals surface area contributed by atoms with Crippen molar-refractivity contribution in [3.05, 3.63) is 0 Å². The zero-order valence-corrected chi connectivity index (χ0v) is 14.8. The monoisotopic (exact) mass is 308 g/mol. The van der Waals surface area contributed by atoms with Gasteiger partial charge in [0.05, 0.1) is 0 Å². The van der Waals surface area contributed by atoms with Gasteiger partial charge in [0.15, 0.2) is 0 Å². The van der Waals surface area contributed by atoms with Crippen LogP contribution in [0.15, 0.2) is 0 Å². The molecule has 0 radical (unpaired) electrons. The van der Waals surface area contributed by atoms with Crippen molar-refractivity contribution in [2.24, 2.45) is 5.92 Å². The van der Waals surface area contributed by atoms with Crippen molar-refractivity contribution in [1.82, 2.24) is 0 Å². The lowest BCUT2D eigenvalue weighted by molar-refractivity contribution is 0.345. The average molecular weight is 309 g/mol. The first kappa shape index (κ1) is 19.6. The van der Waals surface area contributed by atoms with Gasteiger partial charge in [-0.15, -0.1) is 0 Å². The highest BCUT2D eigenvalue weighted by Gasteiger charge is 2.21. The Balaban J connectivity index is 4.03. The van der Waals surface area contributed by atoms with E-state index in [1.54, 1.807) is 21.6 Å². The van der Waals surface area contributed by atoms with Crippen LogP contribution in [0, 0.1) is 5.92 Å². The summed E-state index contributed by atoms with van der Waals surface area (Å²) in [6.07, 6.45) is 15.0. The van der Waals surface area contributed by atoms with E-state index >= 15 is 0 Å². The van der Waals surface area contributed by atoms with Gasteiger partial charge in [0.2, 0.25) is 0 Å². The summed E-state index contributed by atoms with van der Waals surface area (Å²) in [5.74, 6) is 0.594. The molecule has 0 aromatic heterocycles. The predicted octanol–water partition coefficient (Wildman–Crippen LogP) is 6.89. The van der Waals surface area contributed by atoms with E-state index in [1.165, 1.54) is 64.2 Å². The fourth-order valence-electron chi connectivity index (χ4n) is 2.54. The molecule has 0 spiro atoms. The molecule has 0 saturated heterocycles. The van der Waals surface area contributed by atoms with Gasteiger partial charge in [-0.25, -0.2) is 4.39 Å². The fourth-order valence-corrected chi connectivity index (χ4v) is 4.63. The Kier molecular flexibility index (Phi) is 15.5. The predicted molar refractivity (Wildman–Crippen MR) is 91.9 cm³/mol. The quantitative estimate of drug-likeness (QED) is 0.253. The molecule has 0 unspecified atom stereocenters. The highest BCUT2D eigenvalue weighted by molar-refractivity contribution is 8.76. The van der Waals surface area contributed by atoms with Crippen LogP contribution >= 0.6 is 21.6 Å². The Morgan fingerprint density at radius 2 is 1.37 bits per heavy atom. The second-order valence-corrected chi connectivity index (χ2v) is 8.12. The van der Waals surface area contributed by atoms with Gasteiger partial charge in [0.25, 0.3) is 0 Å². The standard InChI is InChI=1S/C16H33FS2/c1-4-6-8-10-12-15(13-11-9-7-5-2)16(14-17)19-18-3/h15-16H,4-14H2,1-3H3/t16-/m0/s1. The molecule has 0 saturated carbocycles. The molecule has 19 heavy (non-hydrogen) atoms. The van der Waals surface area contributed by atoms with Crippen LogP contribution in [0.3, 0.4) is 0 Å². The second-order valence-electron chi connectivity index (χ2n) is 5.41. The van der Waals surface area contributed by atoms with Gasteiger partial charge < -0.3 is 0 Å². The number of hydrogen-bond donors (Lipinski definition) is 0. The minimum atomic E-state index is -0.155. The molecule has 116 valence electrons. The summed E-state index contributed by atoms with van der Waals surface area (Å²) in [5, 5.41) is 0.221. The van der Waals surface area contributed by atoms with Gasteiger partial charge in [-0.1, -0.05) is 86.8 Å². The van der Waals surface area contributed by atoms with Crippen molar-refractivity contribution < 1.29 is 4.39 Å². The smallest absolute Gasteiger partial charge is 0.102 e. The van der Waals surface area contributed by atoms with E-state index < -0.39 is 0 Å². The van der Waals surface area contributed by atoms with E-state index in [1.807, 2.05) is 0 Å². The summed E-state index contributed by atoms with van der Waals surface area (Å²) in [6.45, 7) is 4.34. The molecule has 3 heteroatoms. The first-order valence-corrected chi connectivity index (χ1v) is 10.7. The third kappa shape index (κ3) is 11.0. The highest BCUT2D eigenvalue weighted by atomic mass is 33.1. The molecule has 0 aromatic rings. The van der Waals surface area contributed by atoms with Crippen molar-refractivity contribution >= 4 is 21.6 Å². The van der Waals surface area contributed by atoms with Gasteiger partial charge >= 0.3 is 0 Å². The third-order valence-corrected chi connectivity index (χ3v) is 6.02. The lowest BCUT2D eigenvalue weighted by Crippen LogP contribution is -2.19. The van der Waals surface area contributed by atoms with Gasteiger partial charge in [-0.05, 0) is 25.0 Å². The summed E-state index contributed by atoms with van der Waals surface area (Å²) in [7, 11) is 3.48. The lowest BCUT2D eigenvalue weighted by atomic mass is 9.92. The Hall–Kier alpha value is 0.630. The normalized spacial score (nSPS) is 13.1. The van der Waals surface area contributed by atoms with Gasteiger partial charge in [0.1, 0.15) is 6.67 Å². The summed E-state index contributed by atoms with van der Waals surface area (Å²) in [4.78, 5) is 0. The molecule has 0 N–H and O–H groups in total. The Bertz CT molecular complexity index is 164. The molecule has 0 amide bonds. The molecule has 0 aliphatic carbocycles. The maximum absolute atomic E-state index is 13.2. The van der Waals surface area contributed by atoms with Crippen LogP contribution in [-0.4, -0.2) is 18.2 Å². The topological polar surface area (TPSA) is 0 Å². The molecule has 0 bridgehead atoms. The van der Waals surface area contributed by atoms with E-state index in [0.29, 0.717) is 5.92 Å². The van der Waals surface area contributed by atoms with Crippen LogP contribution in [-0.2, 0) is 0 Å². The van der Waals surface area contributed by atoms with Crippen molar-refractivity contribution in [2.45, 2.75) is 83.3 Å². The molecule has 0 aromatic carbocycles. The molecular formula is C16H33FS2. The number of halogens is 1. The average Bonchev–Trinajstić information content (AvgIpc) is 2.43. The summed E-state index contributed by atoms with van der Waals surface area (Å²) in [6, 6.07) is 0. The molecule has 0 rings (SSSR count). The first-order chi connectivity index (χ1) is 9.29. The van der Waals surface area contributed by atoms with Crippen LogP contribution in [0.2, 0.25) is 0 Å². The van der Waals surface area contributed by atoms with Crippen LogP contribution in [0.4, 0.5) is 4.39 Å². The minimum Gasteiger partial charge on any atom is -0.250 e. The van der Waals surface area contributed by atoms with Gasteiger partial charge in [-0.2, -0.15) is 0 Å². The fraction of sp³-hybridized carbons (Fsp3) is 1.00. The summed E-state index contributed by atoms with van der Waals surface area (Å²) < 4.78 is 13.2. The highest BCUT2D eigenvalue weighted by Crippen LogP contribution is 2.35. The van der Waals surface area contributed by atoms with Crippen molar-refractivity contribution in [2.75, 3.05) is 12.9 Å². The van der Waals surface area contributed by atoms with Gasteiger partial charge in [0, 0.05) is 5.25 Å². The molecule has 0 heterocycles. The van der Waals surface area contributed by atoms with E-state index in [9.17, 15) is 4.39 Å². The second kappa shape index (κ2) is 15.0. The number of rotatable bonds is 14. The lowest BCUT2D eigenvalue weighted by Gasteiger charge is -2.24. The van der Waals surface area contributed by atoms with Crippen molar-refractivity contribution in [1.29, 1.82) is 0 Å². The molecule has 0 aliphatic heterocycles. The zero-order chi connectivity index (χ0) is 14.3. The van der Waals surface area contributed by atoms with Crippen LogP contribution in [0.1, 0.15) is 78.1 Å². The van der Waals surface area contributed by atoms with E-state index in [2.05, 4.69) is 20.1 Å². The van der Waals surface area contributed by atoms with Crippen molar-refractivity contribution in [3.8, 4) is 0 Å².